The van der Waals surface area contributed by atoms with Crippen molar-refractivity contribution >= 4 is 34.8 Å². The van der Waals surface area contributed by atoms with Gasteiger partial charge in [0.1, 0.15) is 6.10 Å². The standard InChI is InChI=1S/C10H11Cl3O2/c11-10(12,13)9(15)6-8(14)7-4-2-1-3-5-7/h1-5,8-9,14-15H,6H2/t8-,9-/m0/s1. The van der Waals surface area contributed by atoms with Crippen LogP contribution in [-0.2, 0) is 0 Å². The van der Waals surface area contributed by atoms with E-state index >= 15 is 0 Å². The van der Waals surface area contributed by atoms with Gasteiger partial charge in [0.2, 0.25) is 3.79 Å². The second kappa shape index (κ2) is 5.37. The number of aliphatic hydroxyl groups excluding tert-OH is 2. The highest BCUT2D eigenvalue weighted by Crippen LogP contribution is 2.34. The number of aliphatic hydroxyl groups is 2. The lowest BCUT2D eigenvalue weighted by molar-refractivity contribution is 0.0826. The van der Waals surface area contributed by atoms with E-state index in [4.69, 9.17) is 34.8 Å². The summed E-state index contributed by atoms with van der Waals surface area (Å²) in [7, 11) is 0. The van der Waals surface area contributed by atoms with Gasteiger partial charge in [-0.1, -0.05) is 65.1 Å². The van der Waals surface area contributed by atoms with Crippen molar-refractivity contribution < 1.29 is 10.2 Å². The molecule has 1 aromatic rings. The fourth-order valence-electron chi connectivity index (χ4n) is 1.16. The third-order valence-corrected chi connectivity index (χ3v) is 2.76. The molecule has 84 valence electrons. The van der Waals surface area contributed by atoms with Gasteiger partial charge in [-0.15, -0.1) is 0 Å². The van der Waals surface area contributed by atoms with E-state index in [2.05, 4.69) is 0 Å². The summed E-state index contributed by atoms with van der Waals surface area (Å²) in [5.41, 5.74) is 0.686. The Labute approximate surface area is 103 Å². The molecule has 0 aliphatic rings. The molecule has 0 aromatic heterocycles. The quantitative estimate of drug-likeness (QED) is 0.829. The van der Waals surface area contributed by atoms with Crippen LogP contribution in [0.1, 0.15) is 18.1 Å². The summed E-state index contributed by atoms with van der Waals surface area (Å²) in [6, 6.07) is 8.91. The molecular formula is C10H11Cl3O2. The van der Waals surface area contributed by atoms with Crippen molar-refractivity contribution in [3.8, 4) is 0 Å². The molecule has 0 amide bonds. The van der Waals surface area contributed by atoms with Crippen LogP contribution >= 0.6 is 34.8 Å². The molecule has 0 aliphatic carbocycles. The van der Waals surface area contributed by atoms with Gasteiger partial charge in [-0.05, 0) is 5.56 Å². The minimum Gasteiger partial charge on any atom is -0.389 e. The van der Waals surface area contributed by atoms with Crippen LogP contribution in [-0.4, -0.2) is 20.1 Å². The highest BCUT2D eigenvalue weighted by Gasteiger charge is 2.32. The zero-order valence-electron chi connectivity index (χ0n) is 7.78. The summed E-state index contributed by atoms with van der Waals surface area (Å²) in [6.07, 6.45) is -2.05. The van der Waals surface area contributed by atoms with Crippen LogP contribution in [0.3, 0.4) is 0 Å². The van der Waals surface area contributed by atoms with Crippen LogP contribution in [0.2, 0.25) is 0 Å². The molecule has 5 heteroatoms. The van der Waals surface area contributed by atoms with Crippen LogP contribution in [0.4, 0.5) is 0 Å². The van der Waals surface area contributed by atoms with Crippen LogP contribution in [0.25, 0.3) is 0 Å². The lowest BCUT2D eigenvalue weighted by atomic mass is 10.0. The SMILES string of the molecule is O[C@@H](C[C@H](O)C(Cl)(Cl)Cl)c1ccccc1. The topological polar surface area (TPSA) is 40.5 Å². The Morgan fingerprint density at radius 1 is 1.07 bits per heavy atom. The molecular weight excluding hydrogens is 258 g/mol. The molecule has 0 bridgehead atoms. The highest BCUT2D eigenvalue weighted by molar-refractivity contribution is 6.68. The van der Waals surface area contributed by atoms with Gasteiger partial charge in [0.15, 0.2) is 0 Å². The summed E-state index contributed by atoms with van der Waals surface area (Å²) in [6.45, 7) is 0. The molecule has 15 heavy (non-hydrogen) atoms. The Bertz CT molecular complexity index is 297. The van der Waals surface area contributed by atoms with E-state index < -0.39 is 16.0 Å². The van der Waals surface area contributed by atoms with Crippen molar-refractivity contribution in [2.75, 3.05) is 0 Å². The van der Waals surface area contributed by atoms with Crippen molar-refractivity contribution in [3.05, 3.63) is 35.9 Å². The largest absolute Gasteiger partial charge is 0.389 e. The first-order valence-corrected chi connectivity index (χ1v) is 5.52. The van der Waals surface area contributed by atoms with E-state index in [0.717, 1.165) is 0 Å². The molecule has 2 atom stereocenters. The summed E-state index contributed by atoms with van der Waals surface area (Å²) in [5, 5.41) is 19.2. The monoisotopic (exact) mass is 268 g/mol. The minimum atomic E-state index is -1.77. The Morgan fingerprint density at radius 2 is 1.60 bits per heavy atom. The Balaban J connectivity index is 2.61. The number of benzene rings is 1. The summed E-state index contributed by atoms with van der Waals surface area (Å²) in [4.78, 5) is 0. The fraction of sp³-hybridized carbons (Fsp3) is 0.400. The first-order chi connectivity index (χ1) is 6.91. The number of rotatable bonds is 3. The summed E-state index contributed by atoms with van der Waals surface area (Å²) in [5.74, 6) is 0. The Kier molecular flexibility index (Phi) is 4.68. The fourth-order valence-corrected chi connectivity index (χ4v) is 1.42. The van der Waals surface area contributed by atoms with Crippen molar-refractivity contribution in [2.24, 2.45) is 0 Å². The first-order valence-electron chi connectivity index (χ1n) is 4.39. The van der Waals surface area contributed by atoms with Gasteiger partial charge >= 0.3 is 0 Å². The smallest absolute Gasteiger partial charge is 0.216 e. The molecule has 0 aliphatic heterocycles. The molecule has 0 radical (unpaired) electrons. The average Bonchev–Trinajstić information content (AvgIpc) is 2.17. The van der Waals surface area contributed by atoms with Gasteiger partial charge in [0.25, 0.3) is 0 Å². The minimum absolute atomic E-state index is 0.0134. The lowest BCUT2D eigenvalue weighted by Gasteiger charge is -2.21. The molecule has 0 saturated heterocycles. The van der Waals surface area contributed by atoms with E-state index in [-0.39, 0.29) is 6.42 Å². The number of alkyl halides is 3. The highest BCUT2D eigenvalue weighted by atomic mass is 35.6. The zero-order chi connectivity index (χ0) is 11.5. The van der Waals surface area contributed by atoms with Gasteiger partial charge in [-0.25, -0.2) is 0 Å². The van der Waals surface area contributed by atoms with E-state index in [1.807, 2.05) is 6.07 Å². The van der Waals surface area contributed by atoms with E-state index in [1.165, 1.54) is 0 Å². The molecule has 1 aromatic carbocycles. The van der Waals surface area contributed by atoms with E-state index in [9.17, 15) is 10.2 Å². The molecule has 0 unspecified atom stereocenters. The van der Waals surface area contributed by atoms with E-state index in [1.54, 1.807) is 24.3 Å². The molecule has 0 spiro atoms. The van der Waals surface area contributed by atoms with Crippen molar-refractivity contribution in [3.63, 3.8) is 0 Å². The zero-order valence-corrected chi connectivity index (χ0v) is 10.0. The van der Waals surface area contributed by atoms with Gasteiger partial charge in [-0.2, -0.15) is 0 Å². The van der Waals surface area contributed by atoms with Crippen LogP contribution < -0.4 is 0 Å². The molecule has 1 rings (SSSR count). The first kappa shape index (κ1) is 13.1. The number of hydrogen-bond acceptors (Lipinski definition) is 2. The lowest BCUT2D eigenvalue weighted by Crippen LogP contribution is -2.27. The average molecular weight is 270 g/mol. The van der Waals surface area contributed by atoms with Crippen LogP contribution in [0.15, 0.2) is 30.3 Å². The van der Waals surface area contributed by atoms with Crippen LogP contribution in [0.5, 0.6) is 0 Å². The molecule has 0 heterocycles. The Hall–Kier alpha value is 0.01000. The third kappa shape index (κ3) is 4.17. The molecule has 2 nitrogen and oxygen atoms in total. The maximum absolute atomic E-state index is 9.72. The second-order valence-corrected chi connectivity index (χ2v) is 5.59. The van der Waals surface area contributed by atoms with Gasteiger partial charge < -0.3 is 10.2 Å². The van der Waals surface area contributed by atoms with Crippen molar-refractivity contribution in [1.29, 1.82) is 0 Å². The third-order valence-electron chi connectivity index (χ3n) is 2.01. The van der Waals surface area contributed by atoms with Crippen molar-refractivity contribution in [1.82, 2.24) is 0 Å². The van der Waals surface area contributed by atoms with E-state index in [0.29, 0.717) is 5.56 Å². The predicted octanol–water partition coefficient (Wildman–Crippen LogP) is 2.84. The number of hydrogen-bond donors (Lipinski definition) is 2. The molecule has 2 N–H and O–H groups in total. The summed E-state index contributed by atoms with van der Waals surface area (Å²) < 4.78 is -1.77. The maximum Gasteiger partial charge on any atom is 0.216 e. The predicted molar refractivity (Wildman–Crippen MR) is 62.3 cm³/mol. The number of halogens is 3. The Morgan fingerprint density at radius 3 is 2.07 bits per heavy atom. The van der Waals surface area contributed by atoms with Gasteiger partial charge in [0, 0.05) is 6.42 Å². The molecule has 0 saturated carbocycles. The second-order valence-electron chi connectivity index (χ2n) is 3.22. The maximum atomic E-state index is 9.72. The van der Waals surface area contributed by atoms with Gasteiger partial charge in [0.05, 0.1) is 6.10 Å². The van der Waals surface area contributed by atoms with Crippen LogP contribution in [0, 0.1) is 0 Å². The van der Waals surface area contributed by atoms with Gasteiger partial charge in [-0.3, -0.25) is 0 Å². The van der Waals surface area contributed by atoms with Crippen molar-refractivity contribution in [2.45, 2.75) is 22.4 Å². The normalized spacial score (nSPS) is 16.1. The summed E-state index contributed by atoms with van der Waals surface area (Å²) >= 11 is 16.5. The molecule has 0 fully saturated rings.